The number of hydrogen-bond acceptors (Lipinski definition) is 2. The van der Waals surface area contributed by atoms with Crippen LogP contribution in [0.1, 0.15) is 39.5 Å². The number of nitrogens with zero attached hydrogens (tertiary/aromatic N) is 1. The largest absolute Gasteiger partial charge is 0.389 e. The molecule has 0 aromatic heterocycles. The molecule has 74 valence electrons. The summed E-state index contributed by atoms with van der Waals surface area (Å²) in [6.45, 7) is 6.44. The average Bonchev–Trinajstić information content (AvgIpc) is 2.57. The van der Waals surface area contributed by atoms with Crippen molar-refractivity contribution in [3.8, 4) is 0 Å². The van der Waals surface area contributed by atoms with Crippen molar-refractivity contribution in [1.82, 2.24) is 5.32 Å². The minimum absolute atomic E-state index is 1.02. The Labute approximate surface area is 81.1 Å². The third-order valence-electron chi connectivity index (χ3n) is 2.22. The standard InChI is InChI=1S/C11H20N2/c1-3-4-7-12-10(2)9-11-6-5-8-13-11/h9,12H,3-8H2,1-2H3. The molecule has 0 atom stereocenters. The summed E-state index contributed by atoms with van der Waals surface area (Å²) in [6, 6.07) is 0. The Morgan fingerprint density at radius 3 is 3.08 bits per heavy atom. The van der Waals surface area contributed by atoms with Crippen LogP contribution >= 0.6 is 0 Å². The summed E-state index contributed by atoms with van der Waals surface area (Å²) < 4.78 is 0. The summed E-state index contributed by atoms with van der Waals surface area (Å²) in [7, 11) is 0. The van der Waals surface area contributed by atoms with Gasteiger partial charge in [0.2, 0.25) is 0 Å². The highest BCUT2D eigenvalue weighted by molar-refractivity contribution is 5.96. The van der Waals surface area contributed by atoms with Crippen LogP contribution in [0.15, 0.2) is 16.8 Å². The smallest absolute Gasteiger partial charge is 0.0396 e. The third-order valence-corrected chi connectivity index (χ3v) is 2.22. The molecule has 1 aliphatic heterocycles. The second-order valence-electron chi connectivity index (χ2n) is 3.58. The maximum Gasteiger partial charge on any atom is 0.0396 e. The van der Waals surface area contributed by atoms with Gasteiger partial charge in [0.15, 0.2) is 0 Å². The summed E-state index contributed by atoms with van der Waals surface area (Å²) >= 11 is 0. The normalized spacial score (nSPS) is 17.4. The highest BCUT2D eigenvalue weighted by Gasteiger charge is 2.02. The van der Waals surface area contributed by atoms with Crippen molar-refractivity contribution in [1.29, 1.82) is 0 Å². The molecule has 2 heteroatoms. The van der Waals surface area contributed by atoms with Crippen LogP contribution in [0.4, 0.5) is 0 Å². The monoisotopic (exact) mass is 180 g/mol. The van der Waals surface area contributed by atoms with E-state index in [0.29, 0.717) is 0 Å². The van der Waals surface area contributed by atoms with E-state index in [1.54, 1.807) is 0 Å². The first-order valence-corrected chi connectivity index (χ1v) is 5.28. The minimum atomic E-state index is 1.02. The highest BCUT2D eigenvalue weighted by Crippen LogP contribution is 2.06. The maximum atomic E-state index is 4.40. The van der Waals surface area contributed by atoms with Crippen molar-refractivity contribution in [2.45, 2.75) is 39.5 Å². The number of hydrogen-bond donors (Lipinski definition) is 1. The van der Waals surface area contributed by atoms with E-state index in [1.807, 2.05) is 0 Å². The zero-order valence-electron chi connectivity index (χ0n) is 8.77. The highest BCUT2D eigenvalue weighted by atomic mass is 14.9. The molecule has 0 amide bonds. The zero-order chi connectivity index (χ0) is 9.52. The van der Waals surface area contributed by atoms with Gasteiger partial charge in [-0.25, -0.2) is 0 Å². The Kier molecular flexibility index (Phi) is 4.58. The maximum absolute atomic E-state index is 4.40. The molecule has 0 aromatic carbocycles. The van der Waals surface area contributed by atoms with E-state index >= 15 is 0 Å². The molecule has 0 radical (unpaired) electrons. The second kappa shape index (κ2) is 5.79. The van der Waals surface area contributed by atoms with E-state index in [1.165, 1.54) is 30.7 Å². The van der Waals surface area contributed by atoms with Crippen LogP contribution in [0.2, 0.25) is 0 Å². The van der Waals surface area contributed by atoms with Gasteiger partial charge in [-0.05, 0) is 32.3 Å². The van der Waals surface area contributed by atoms with Crippen molar-refractivity contribution in [3.05, 3.63) is 11.8 Å². The lowest BCUT2D eigenvalue weighted by Crippen LogP contribution is -2.13. The van der Waals surface area contributed by atoms with E-state index in [0.717, 1.165) is 19.5 Å². The molecule has 1 rings (SSSR count). The number of aliphatic imine (C=N–C) groups is 1. The summed E-state index contributed by atoms with van der Waals surface area (Å²) in [4.78, 5) is 4.40. The molecule has 0 bridgehead atoms. The predicted molar refractivity (Wildman–Crippen MR) is 58.2 cm³/mol. The van der Waals surface area contributed by atoms with Crippen molar-refractivity contribution >= 4 is 5.71 Å². The van der Waals surface area contributed by atoms with Crippen LogP contribution in [-0.4, -0.2) is 18.8 Å². The Hall–Kier alpha value is -0.790. The van der Waals surface area contributed by atoms with Crippen molar-refractivity contribution < 1.29 is 0 Å². The van der Waals surface area contributed by atoms with Crippen molar-refractivity contribution in [2.24, 2.45) is 4.99 Å². The Bertz CT molecular complexity index is 204. The van der Waals surface area contributed by atoms with Crippen LogP contribution in [0, 0.1) is 0 Å². The zero-order valence-corrected chi connectivity index (χ0v) is 8.77. The number of nitrogens with one attached hydrogen (secondary N) is 1. The van der Waals surface area contributed by atoms with Crippen molar-refractivity contribution in [3.63, 3.8) is 0 Å². The van der Waals surface area contributed by atoms with Gasteiger partial charge in [-0.1, -0.05) is 13.3 Å². The van der Waals surface area contributed by atoms with Gasteiger partial charge in [0.05, 0.1) is 0 Å². The summed E-state index contributed by atoms with van der Waals surface area (Å²) in [5, 5.41) is 3.39. The van der Waals surface area contributed by atoms with Gasteiger partial charge in [0, 0.05) is 24.5 Å². The molecule has 0 aromatic rings. The van der Waals surface area contributed by atoms with Gasteiger partial charge in [0.25, 0.3) is 0 Å². The predicted octanol–water partition coefficient (Wildman–Crippen LogP) is 2.51. The van der Waals surface area contributed by atoms with Gasteiger partial charge in [-0.3, -0.25) is 4.99 Å². The van der Waals surface area contributed by atoms with Crippen LogP contribution < -0.4 is 5.32 Å². The first-order valence-electron chi connectivity index (χ1n) is 5.28. The molecule has 0 unspecified atom stereocenters. The molecule has 0 fully saturated rings. The van der Waals surface area contributed by atoms with E-state index in [4.69, 9.17) is 0 Å². The van der Waals surface area contributed by atoms with Crippen LogP contribution in [-0.2, 0) is 0 Å². The molecule has 13 heavy (non-hydrogen) atoms. The SMILES string of the molecule is CCCCNC(C)=CC1=NCCC1. The van der Waals surface area contributed by atoms with E-state index < -0.39 is 0 Å². The van der Waals surface area contributed by atoms with Crippen LogP contribution in [0.5, 0.6) is 0 Å². The molecule has 0 saturated carbocycles. The summed E-state index contributed by atoms with van der Waals surface area (Å²) in [5.74, 6) is 0. The summed E-state index contributed by atoms with van der Waals surface area (Å²) in [5.41, 5.74) is 2.52. The molecule has 1 heterocycles. The Balaban J connectivity index is 2.24. The van der Waals surface area contributed by atoms with Gasteiger partial charge in [0.1, 0.15) is 0 Å². The van der Waals surface area contributed by atoms with Crippen LogP contribution in [0.3, 0.4) is 0 Å². The molecule has 0 saturated heterocycles. The molecule has 1 aliphatic rings. The lowest BCUT2D eigenvalue weighted by Gasteiger charge is -2.04. The molecular weight excluding hydrogens is 160 g/mol. The topological polar surface area (TPSA) is 24.4 Å². The first kappa shape index (κ1) is 10.3. The fourth-order valence-electron chi connectivity index (χ4n) is 1.44. The van der Waals surface area contributed by atoms with Crippen LogP contribution in [0.25, 0.3) is 0 Å². The summed E-state index contributed by atoms with van der Waals surface area (Å²) in [6.07, 6.45) is 7.07. The quantitative estimate of drug-likeness (QED) is 0.646. The average molecular weight is 180 g/mol. The van der Waals surface area contributed by atoms with E-state index in [2.05, 4.69) is 30.2 Å². The Morgan fingerprint density at radius 1 is 1.62 bits per heavy atom. The molecular formula is C11H20N2. The number of unbranched alkanes of at least 4 members (excludes halogenated alkanes) is 1. The Morgan fingerprint density at radius 2 is 2.46 bits per heavy atom. The lowest BCUT2D eigenvalue weighted by atomic mass is 10.2. The lowest BCUT2D eigenvalue weighted by molar-refractivity contribution is 0.711. The molecule has 0 aliphatic carbocycles. The molecule has 2 nitrogen and oxygen atoms in total. The number of rotatable bonds is 5. The van der Waals surface area contributed by atoms with Gasteiger partial charge >= 0.3 is 0 Å². The van der Waals surface area contributed by atoms with Crippen molar-refractivity contribution in [2.75, 3.05) is 13.1 Å². The van der Waals surface area contributed by atoms with E-state index in [-0.39, 0.29) is 0 Å². The number of allylic oxidation sites excluding steroid dienone is 2. The third kappa shape index (κ3) is 4.11. The second-order valence-corrected chi connectivity index (χ2v) is 3.58. The van der Waals surface area contributed by atoms with Gasteiger partial charge in [-0.15, -0.1) is 0 Å². The van der Waals surface area contributed by atoms with Gasteiger partial charge < -0.3 is 5.32 Å². The minimum Gasteiger partial charge on any atom is -0.389 e. The fraction of sp³-hybridized carbons (Fsp3) is 0.727. The fourth-order valence-corrected chi connectivity index (χ4v) is 1.44. The first-order chi connectivity index (χ1) is 6.33. The molecule has 0 spiro atoms. The van der Waals surface area contributed by atoms with Gasteiger partial charge in [-0.2, -0.15) is 0 Å². The van der Waals surface area contributed by atoms with E-state index in [9.17, 15) is 0 Å². The molecule has 1 N–H and O–H groups in total.